The standard InChI is InChI=1S/C15H19BrFN3O/c1-11-19-9-13(8-18-5-6-21-2)20(11)10-12-3-4-15(17)14(16)7-12/h3-4,7,9,18H,5-6,8,10H2,1-2H3. The zero-order chi connectivity index (χ0) is 15.2. The summed E-state index contributed by atoms with van der Waals surface area (Å²) in [6, 6.07) is 5.07. The molecule has 6 heteroatoms. The Morgan fingerprint density at radius 3 is 2.95 bits per heavy atom. The number of imidazole rings is 1. The second-order valence-electron chi connectivity index (χ2n) is 4.80. The minimum Gasteiger partial charge on any atom is -0.383 e. The van der Waals surface area contributed by atoms with E-state index in [-0.39, 0.29) is 5.82 Å². The molecule has 1 aromatic heterocycles. The van der Waals surface area contributed by atoms with E-state index < -0.39 is 0 Å². The first-order valence-electron chi connectivity index (χ1n) is 6.76. The van der Waals surface area contributed by atoms with Crippen molar-refractivity contribution < 1.29 is 9.13 Å². The largest absolute Gasteiger partial charge is 0.383 e. The Balaban J connectivity index is 2.08. The topological polar surface area (TPSA) is 39.1 Å². The number of aryl methyl sites for hydroxylation is 1. The number of benzene rings is 1. The highest BCUT2D eigenvalue weighted by Gasteiger charge is 2.08. The number of ether oxygens (including phenoxy) is 1. The molecule has 0 atom stereocenters. The van der Waals surface area contributed by atoms with Gasteiger partial charge in [0.15, 0.2) is 0 Å². The molecule has 0 fully saturated rings. The van der Waals surface area contributed by atoms with Gasteiger partial charge in [0, 0.05) is 32.9 Å². The van der Waals surface area contributed by atoms with Gasteiger partial charge in [-0.15, -0.1) is 0 Å². The van der Waals surface area contributed by atoms with E-state index >= 15 is 0 Å². The van der Waals surface area contributed by atoms with E-state index in [9.17, 15) is 4.39 Å². The van der Waals surface area contributed by atoms with E-state index in [4.69, 9.17) is 4.74 Å². The van der Waals surface area contributed by atoms with Crippen molar-refractivity contribution in [3.05, 3.63) is 51.8 Å². The summed E-state index contributed by atoms with van der Waals surface area (Å²) in [7, 11) is 1.68. The van der Waals surface area contributed by atoms with Gasteiger partial charge >= 0.3 is 0 Å². The highest BCUT2D eigenvalue weighted by atomic mass is 79.9. The van der Waals surface area contributed by atoms with Crippen LogP contribution in [0.5, 0.6) is 0 Å². The average Bonchev–Trinajstić information content (AvgIpc) is 2.80. The molecule has 2 rings (SSSR count). The van der Waals surface area contributed by atoms with Crippen LogP contribution >= 0.6 is 15.9 Å². The zero-order valence-electron chi connectivity index (χ0n) is 12.2. The summed E-state index contributed by atoms with van der Waals surface area (Å²) in [5.41, 5.74) is 2.13. The number of rotatable bonds is 7. The molecule has 1 N–H and O–H groups in total. The first-order valence-corrected chi connectivity index (χ1v) is 7.55. The maximum atomic E-state index is 13.3. The number of nitrogens with zero attached hydrogens (tertiary/aromatic N) is 2. The van der Waals surface area contributed by atoms with Gasteiger partial charge in [0.25, 0.3) is 0 Å². The van der Waals surface area contributed by atoms with Gasteiger partial charge in [0.1, 0.15) is 11.6 Å². The predicted molar refractivity (Wildman–Crippen MR) is 83.7 cm³/mol. The lowest BCUT2D eigenvalue weighted by Crippen LogP contribution is -2.21. The minimum atomic E-state index is -0.248. The van der Waals surface area contributed by atoms with Crippen LogP contribution in [-0.2, 0) is 17.8 Å². The van der Waals surface area contributed by atoms with Gasteiger partial charge in [-0.1, -0.05) is 6.07 Å². The van der Waals surface area contributed by atoms with Crippen molar-refractivity contribution in [3.8, 4) is 0 Å². The summed E-state index contributed by atoms with van der Waals surface area (Å²) in [6.45, 7) is 4.84. The zero-order valence-corrected chi connectivity index (χ0v) is 13.8. The van der Waals surface area contributed by atoms with E-state index in [2.05, 4.69) is 30.8 Å². The Bertz CT molecular complexity index is 601. The lowest BCUT2D eigenvalue weighted by molar-refractivity contribution is 0.199. The van der Waals surface area contributed by atoms with Crippen LogP contribution < -0.4 is 5.32 Å². The van der Waals surface area contributed by atoms with Gasteiger partial charge in [0.05, 0.1) is 16.8 Å². The Hall–Kier alpha value is -1.24. The van der Waals surface area contributed by atoms with Gasteiger partial charge in [0.2, 0.25) is 0 Å². The van der Waals surface area contributed by atoms with Crippen LogP contribution in [0.2, 0.25) is 0 Å². The average molecular weight is 356 g/mol. The molecule has 0 aliphatic heterocycles. The molecule has 0 spiro atoms. The lowest BCUT2D eigenvalue weighted by atomic mass is 10.2. The van der Waals surface area contributed by atoms with Crippen molar-refractivity contribution in [2.24, 2.45) is 0 Å². The maximum Gasteiger partial charge on any atom is 0.137 e. The summed E-state index contributed by atoms with van der Waals surface area (Å²) in [4.78, 5) is 4.36. The smallest absolute Gasteiger partial charge is 0.137 e. The third-order valence-corrected chi connectivity index (χ3v) is 3.86. The van der Waals surface area contributed by atoms with Crippen molar-refractivity contribution in [1.29, 1.82) is 0 Å². The van der Waals surface area contributed by atoms with Crippen LogP contribution in [0.25, 0.3) is 0 Å². The predicted octanol–water partition coefficient (Wildman–Crippen LogP) is 2.88. The van der Waals surface area contributed by atoms with Gasteiger partial charge in [-0.3, -0.25) is 0 Å². The van der Waals surface area contributed by atoms with Crippen molar-refractivity contribution in [3.63, 3.8) is 0 Å². The SMILES string of the molecule is COCCNCc1cnc(C)n1Cc1ccc(F)c(Br)c1. The molecule has 0 unspecified atom stereocenters. The van der Waals surface area contributed by atoms with Crippen LogP contribution in [0.3, 0.4) is 0 Å². The van der Waals surface area contributed by atoms with E-state index in [0.29, 0.717) is 17.6 Å². The van der Waals surface area contributed by atoms with Gasteiger partial charge in [-0.2, -0.15) is 0 Å². The number of hydrogen-bond donors (Lipinski definition) is 1. The fraction of sp³-hybridized carbons (Fsp3) is 0.400. The number of halogens is 2. The second kappa shape index (κ2) is 7.68. The van der Waals surface area contributed by atoms with Gasteiger partial charge in [-0.05, 0) is 40.5 Å². The Morgan fingerprint density at radius 2 is 2.24 bits per heavy atom. The molecule has 1 heterocycles. The van der Waals surface area contributed by atoms with E-state index in [0.717, 1.165) is 30.2 Å². The summed E-state index contributed by atoms with van der Waals surface area (Å²) in [5, 5.41) is 3.31. The maximum absolute atomic E-state index is 13.3. The fourth-order valence-corrected chi connectivity index (χ4v) is 2.51. The van der Waals surface area contributed by atoms with Crippen LogP contribution in [0.1, 0.15) is 17.1 Å². The molecular weight excluding hydrogens is 337 g/mol. The summed E-state index contributed by atoms with van der Waals surface area (Å²) in [6.07, 6.45) is 1.87. The Morgan fingerprint density at radius 1 is 1.43 bits per heavy atom. The number of aromatic nitrogens is 2. The van der Waals surface area contributed by atoms with Crippen molar-refractivity contribution in [2.75, 3.05) is 20.3 Å². The quantitative estimate of drug-likeness (QED) is 0.776. The molecule has 0 aliphatic carbocycles. The second-order valence-corrected chi connectivity index (χ2v) is 5.66. The molecule has 21 heavy (non-hydrogen) atoms. The molecule has 114 valence electrons. The molecule has 0 saturated carbocycles. The molecule has 0 saturated heterocycles. The summed E-state index contributed by atoms with van der Waals surface area (Å²) in [5.74, 6) is 0.696. The van der Waals surface area contributed by atoms with E-state index in [1.54, 1.807) is 19.2 Å². The Kier molecular flexibility index (Phi) is 5.90. The normalized spacial score (nSPS) is 11.0. The van der Waals surface area contributed by atoms with E-state index in [1.165, 1.54) is 6.07 Å². The number of methoxy groups -OCH3 is 1. The molecular formula is C15H19BrFN3O. The summed E-state index contributed by atoms with van der Waals surface area (Å²) < 4.78 is 20.9. The van der Waals surface area contributed by atoms with Crippen LogP contribution in [0, 0.1) is 12.7 Å². The molecule has 1 aromatic carbocycles. The van der Waals surface area contributed by atoms with Crippen molar-refractivity contribution >= 4 is 15.9 Å². The molecule has 2 aromatic rings. The van der Waals surface area contributed by atoms with Crippen molar-refractivity contribution in [2.45, 2.75) is 20.0 Å². The number of nitrogens with one attached hydrogen (secondary N) is 1. The number of hydrogen-bond acceptors (Lipinski definition) is 3. The monoisotopic (exact) mass is 355 g/mol. The third-order valence-electron chi connectivity index (χ3n) is 3.25. The van der Waals surface area contributed by atoms with Crippen molar-refractivity contribution in [1.82, 2.24) is 14.9 Å². The van der Waals surface area contributed by atoms with Crippen LogP contribution in [-0.4, -0.2) is 29.8 Å². The molecule has 0 radical (unpaired) electrons. The van der Waals surface area contributed by atoms with Crippen LogP contribution in [0.4, 0.5) is 4.39 Å². The molecule has 0 aliphatic rings. The highest BCUT2D eigenvalue weighted by molar-refractivity contribution is 9.10. The first-order chi connectivity index (χ1) is 10.1. The molecule has 4 nitrogen and oxygen atoms in total. The van der Waals surface area contributed by atoms with Gasteiger partial charge < -0.3 is 14.6 Å². The van der Waals surface area contributed by atoms with Crippen LogP contribution in [0.15, 0.2) is 28.9 Å². The minimum absolute atomic E-state index is 0.248. The molecule has 0 bridgehead atoms. The Labute approximate surface area is 132 Å². The fourth-order valence-electron chi connectivity index (χ4n) is 2.08. The first kappa shape index (κ1) is 16.1. The van der Waals surface area contributed by atoms with E-state index in [1.807, 2.05) is 13.1 Å². The third kappa shape index (κ3) is 4.36. The molecule has 0 amide bonds. The highest BCUT2D eigenvalue weighted by Crippen LogP contribution is 2.18. The van der Waals surface area contributed by atoms with Gasteiger partial charge in [-0.25, -0.2) is 9.37 Å². The summed E-state index contributed by atoms with van der Waals surface area (Å²) >= 11 is 3.22. The lowest BCUT2D eigenvalue weighted by Gasteiger charge is -2.12.